The van der Waals surface area contributed by atoms with E-state index in [1.165, 1.54) is 244 Å². The van der Waals surface area contributed by atoms with Crippen molar-refractivity contribution in [1.82, 2.24) is 0 Å². The number of carbonyl (C=O) groups is 2. The first kappa shape index (κ1) is 71.8. The van der Waals surface area contributed by atoms with E-state index >= 15 is 0 Å². The molecule has 0 spiro atoms. The number of unbranched alkanes of at least 4 members (excludes halogenated alkanes) is 44. The fraction of sp³-hybridized carbons (Fsp3) is 0.937. The van der Waals surface area contributed by atoms with E-state index in [1.807, 2.05) is 21.1 Å². The molecule has 2 unspecified atom stereocenters. The molecule has 0 aromatic heterocycles. The molecule has 2 atom stereocenters. The van der Waals surface area contributed by atoms with Gasteiger partial charge in [0.15, 0.2) is 6.10 Å². The van der Waals surface area contributed by atoms with Crippen molar-refractivity contribution >= 4 is 19.8 Å². The smallest absolute Gasteiger partial charge is 0.306 e. The third-order valence-electron chi connectivity index (χ3n) is 14.5. The zero-order chi connectivity index (χ0) is 53.5. The molecule has 0 saturated carbocycles. The SMILES string of the molecule is CCCCCCCC/C=C\CCCCCCCC(=O)OC(COC(=O)CCCCCCCCCCCCCCCCCCCCCCCCCCCCCCCCCCCC)COP(=O)([O-])OCC[N+](C)(C)C. The number of esters is 2. The second kappa shape index (κ2) is 55.5. The largest absolute Gasteiger partial charge is 0.756 e. The minimum absolute atomic E-state index is 0.0288. The first-order valence-electron chi connectivity index (χ1n) is 31.9. The first-order chi connectivity index (χ1) is 35.5. The summed E-state index contributed by atoms with van der Waals surface area (Å²) in [5.74, 6) is -0.825. The van der Waals surface area contributed by atoms with E-state index in [0.29, 0.717) is 17.4 Å². The second-order valence-electron chi connectivity index (χ2n) is 23.1. The molecule has 0 heterocycles. The summed E-state index contributed by atoms with van der Waals surface area (Å²) >= 11 is 0. The molecule has 0 aromatic carbocycles. The third-order valence-corrected chi connectivity index (χ3v) is 15.5. The number of hydrogen-bond donors (Lipinski definition) is 0. The van der Waals surface area contributed by atoms with E-state index in [9.17, 15) is 19.0 Å². The number of ether oxygens (including phenoxy) is 2. The zero-order valence-electron chi connectivity index (χ0n) is 49.4. The van der Waals surface area contributed by atoms with Gasteiger partial charge >= 0.3 is 11.9 Å². The average Bonchev–Trinajstić information content (AvgIpc) is 3.35. The van der Waals surface area contributed by atoms with Crippen LogP contribution in [0.15, 0.2) is 12.2 Å². The molecule has 0 N–H and O–H groups in total. The summed E-state index contributed by atoms with van der Waals surface area (Å²) in [7, 11) is 1.18. The van der Waals surface area contributed by atoms with Crippen LogP contribution < -0.4 is 4.89 Å². The van der Waals surface area contributed by atoms with Crippen LogP contribution in [0.1, 0.15) is 328 Å². The molecule has 0 aromatic rings. The Morgan fingerprint density at radius 2 is 0.699 bits per heavy atom. The Kier molecular flexibility index (Phi) is 54.6. The number of phosphoric ester groups is 1. The number of likely N-dealkylation sites (N-methyl/N-ethyl adjacent to an activating group) is 1. The van der Waals surface area contributed by atoms with Crippen LogP contribution in [0.4, 0.5) is 0 Å². The molecule has 0 fully saturated rings. The summed E-state index contributed by atoms with van der Waals surface area (Å²) in [6, 6.07) is 0. The molecule has 73 heavy (non-hydrogen) atoms. The minimum atomic E-state index is -4.63. The van der Waals surface area contributed by atoms with E-state index in [-0.39, 0.29) is 32.0 Å². The van der Waals surface area contributed by atoms with Crippen LogP contribution >= 0.6 is 7.82 Å². The van der Waals surface area contributed by atoms with Gasteiger partial charge in [0.25, 0.3) is 7.82 Å². The predicted octanol–water partition coefficient (Wildman–Crippen LogP) is 19.4. The maximum atomic E-state index is 12.8. The number of nitrogens with zero attached hydrogens (tertiary/aromatic N) is 1. The molecular weight excluding hydrogens is 930 g/mol. The maximum Gasteiger partial charge on any atom is 0.306 e. The number of carbonyl (C=O) groups excluding carboxylic acids is 2. The van der Waals surface area contributed by atoms with Gasteiger partial charge in [0.05, 0.1) is 27.7 Å². The molecule has 0 bridgehead atoms. The zero-order valence-corrected chi connectivity index (χ0v) is 50.3. The van der Waals surface area contributed by atoms with Gasteiger partial charge in [0.1, 0.15) is 19.8 Å². The fourth-order valence-electron chi connectivity index (χ4n) is 9.60. The number of rotatable bonds is 60. The Morgan fingerprint density at radius 3 is 1.01 bits per heavy atom. The van der Waals surface area contributed by atoms with Crippen LogP contribution in [0.5, 0.6) is 0 Å². The Hall–Kier alpha value is -1.25. The molecule has 0 amide bonds. The summed E-state index contributed by atoms with van der Waals surface area (Å²) in [6.45, 7) is 4.28. The summed E-state index contributed by atoms with van der Waals surface area (Å²) < 4.78 is 34.2. The van der Waals surface area contributed by atoms with E-state index in [1.54, 1.807) is 0 Å². The Labute approximate surface area is 454 Å². The second-order valence-corrected chi connectivity index (χ2v) is 24.5. The lowest BCUT2D eigenvalue weighted by atomic mass is 10.0. The number of quaternary nitrogens is 1. The predicted molar refractivity (Wildman–Crippen MR) is 310 cm³/mol. The van der Waals surface area contributed by atoms with Crippen molar-refractivity contribution in [2.24, 2.45) is 0 Å². The van der Waals surface area contributed by atoms with Gasteiger partial charge in [0, 0.05) is 12.8 Å². The number of phosphoric acid groups is 1. The minimum Gasteiger partial charge on any atom is -0.756 e. The van der Waals surface area contributed by atoms with Gasteiger partial charge in [-0.25, -0.2) is 0 Å². The van der Waals surface area contributed by atoms with Gasteiger partial charge in [-0.3, -0.25) is 14.2 Å². The standard InChI is InChI=1S/C63H124NO8P/c1-6-8-10-12-14-16-18-20-22-23-24-25-26-27-28-29-30-31-32-33-34-35-36-37-38-39-40-42-43-45-47-49-51-53-55-62(65)69-59-61(60-71-73(67,68)70-58-57-64(3,4)5)72-63(66)56-54-52-50-48-46-44-41-21-19-17-15-13-11-9-7-2/h21,41,61H,6-20,22-40,42-60H2,1-5H3/b41-21-. The van der Waals surface area contributed by atoms with Gasteiger partial charge in [0.2, 0.25) is 0 Å². The van der Waals surface area contributed by atoms with Gasteiger partial charge < -0.3 is 27.9 Å². The van der Waals surface area contributed by atoms with Gasteiger partial charge in [-0.2, -0.15) is 0 Å². The summed E-state index contributed by atoms with van der Waals surface area (Å²) in [5, 5.41) is 0. The van der Waals surface area contributed by atoms with Gasteiger partial charge in [-0.15, -0.1) is 0 Å². The monoisotopic (exact) mass is 1050 g/mol. The quantitative estimate of drug-likeness (QED) is 0.0195. The van der Waals surface area contributed by atoms with E-state index < -0.39 is 26.5 Å². The topological polar surface area (TPSA) is 111 Å². The van der Waals surface area contributed by atoms with Crippen molar-refractivity contribution < 1.29 is 42.1 Å². The van der Waals surface area contributed by atoms with Crippen molar-refractivity contribution in [2.45, 2.75) is 335 Å². The van der Waals surface area contributed by atoms with E-state index in [0.717, 1.165) is 51.4 Å². The van der Waals surface area contributed by atoms with Crippen molar-refractivity contribution in [3.63, 3.8) is 0 Å². The molecule has 9 nitrogen and oxygen atoms in total. The molecular formula is C63H124NO8P. The van der Waals surface area contributed by atoms with E-state index in [4.69, 9.17) is 18.5 Å². The summed E-state index contributed by atoms with van der Waals surface area (Å²) in [6.07, 6.45) is 65.8. The van der Waals surface area contributed by atoms with Gasteiger partial charge in [-0.1, -0.05) is 289 Å². The molecule has 0 radical (unpaired) electrons. The van der Waals surface area contributed by atoms with Crippen LogP contribution in [0, 0.1) is 0 Å². The highest BCUT2D eigenvalue weighted by Gasteiger charge is 2.22. The van der Waals surface area contributed by atoms with Crippen molar-refractivity contribution in [1.29, 1.82) is 0 Å². The lowest BCUT2D eigenvalue weighted by Gasteiger charge is -2.28. The van der Waals surface area contributed by atoms with Gasteiger partial charge in [-0.05, 0) is 38.5 Å². The van der Waals surface area contributed by atoms with Crippen LogP contribution in [-0.2, 0) is 32.7 Å². The number of hydrogen-bond acceptors (Lipinski definition) is 8. The fourth-order valence-corrected chi connectivity index (χ4v) is 10.3. The Balaban J connectivity index is 3.91. The van der Waals surface area contributed by atoms with Crippen molar-refractivity contribution in [3.8, 4) is 0 Å². The highest BCUT2D eigenvalue weighted by molar-refractivity contribution is 7.45. The molecule has 0 saturated heterocycles. The third kappa shape index (κ3) is 59.8. The van der Waals surface area contributed by atoms with E-state index in [2.05, 4.69) is 26.0 Å². The Morgan fingerprint density at radius 1 is 0.411 bits per heavy atom. The van der Waals surface area contributed by atoms with Crippen molar-refractivity contribution in [3.05, 3.63) is 12.2 Å². The first-order valence-corrected chi connectivity index (χ1v) is 33.4. The van der Waals surface area contributed by atoms with Crippen LogP contribution in [0.2, 0.25) is 0 Å². The lowest BCUT2D eigenvalue weighted by Crippen LogP contribution is -2.37. The normalized spacial score (nSPS) is 13.2. The maximum absolute atomic E-state index is 12.8. The summed E-state index contributed by atoms with van der Waals surface area (Å²) in [5.41, 5.74) is 0. The number of allylic oxidation sites excluding steroid dienone is 2. The lowest BCUT2D eigenvalue weighted by molar-refractivity contribution is -0.870. The van der Waals surface area contributed by atoms with Crippen molar-refractivity contribution in [2.75, 3.05) is 47.5 Å². The molecule has 434 valence electrons. The highest BCUT2D eigenvalue weighted by atomic mass is 31.2. The Bertz CT molecular complexity index is 1240. The summed E-state index contributed by atoms with van der Waals surface area (Å²) in [4.78, 5) is 37.8. The van der Waals surface area contributed by atoms with Crippen LogP contribution in [-0.4, -0.2) is 70.0 Å². The highest BCUT2D eigenvalue weighted by Crippen LogP contribution is 2.38. The molecule has 0 aliphatic heterocycles. The van der Waals surface area contributed by atoms with Crippen LogP contribution in [0.3, 0.4) is 0 Å². The molecule has 0 aliphatic rings. The molecule has 10 heteroatoms. The molecule has 0 aliphatic carbocycles. The average molecular weight is 1050 g/mol. The van der Waals surface area contributed by atoms with Crippen LogP contribution in [0.25, 0.3) is 0 Å². The molecule has 0 rings (SSSR count).